The Kier molecular flexibility index (Phi) is 5.99. The van der Waals surface area contributed by atoms with E-state index in [-0.39, 0.29) is 17.7 Å². The maximum absolute atomic E-state index is 12.5. The van der Waals surface area contributed by atoms with Crippen molar-refractivity contribution in [2.45, 2.75) is 31.6 Å². The van der Waals surface area contributed by atoms with Crippen molar-refractivity contribution in [3.63, 3.8) is 0 Å². The molecule has 1 amide bonds. The molecule has 0 aliphatic carbocycles. The minimum atomic E-state index is -3.75. The third-order valence-corrected chi connectivity index (χ3v) is 4.89. The van der Waals surface area contributed by atoms with Gasteiger partial charge in [-0.2, -0.15) is 0 Å². The number of rotatable bonds is 7. The number of carbonyl (C=O) groups is 2. The zero-order chi connectivity index (χ0) is 19.3. The standard InChI is InChI=1S/C18H20N2O5S/c1-12-9-13(2)11-15(10-12)20-26(24,25)16-5-3-14(4-6-16)19-17(21)7-8-18(22)23/h3-6,9-11,20H,7-8H2,1-2H3,(H,19,21)(H,22,23). The van der Waals surface area contributed by atoms with Crippen LogP contribution in [0.15, 0.2) is 47.4 Å². The summed E-state index contributed by atoms with van der Waals surface area (Å²) in [6.07, 6.45) is -0.415. The van der Waals surface area contributed by atoms with Gasteiger partial charge in [0, 0.05) is 17.8 Å². The topological polar surface area (TPSA) is 113 Å². The number of nitrogens with one attached hydrogen (secondary N) is 2. The van der Waals surface area contributed by atoms with Gasteiger partial charge in [0.25, 0.3) is 10.0 Å². The number of carbonyl (C=O) groups excluding carboxylic acids is 1. The molecule has 0 unspecified atom stereocenters. The molecule has 0 atom stereocenters. The van der Waals surface area contributed by atoms with Gasteiger partial charge in [0.2, 0.25) is 5.91 Å². The molecule has 0 saturated heterocycles. The fourth-order valence-electron chi connectivity index (χ4n) is 2.41. The van der Waals surface area contributed by atoms with E-state index < -0.39 is 21.9 Å². The summed E-state index contributed by atoms with van der Waals surface area (Å²) in [5.41, 5.74) is 2.77. The van der Waals surface area contributed by atoms with E-state index >= 15 is 0 Å². The quantitative estimate of drug-likeness (QED) is 0.688. The Morgan fingerprint density at radius 2 is 1.50 bits per heavy atom. The highest BCUT2D eigenvalue weighted by Gasteiger charge is 2.15. The zero-order valence-electron chi connectivity index (χ0n) is 14.4. The first-order valence-electron chi connectivity index (χ1n) is 7.88. The second-order valence-corrected chi connectivity index (χ2v) is 7.63. The van der Waals surface area contributed by atoms with Gasteiger partial charge in [-0.1, -0.05) is 6.07 Å². The maximum Gasteiger partial charge on any atom is 0.303 e. The zero-order valence-corrected chi connectivity index (χ0v) is 15.3. The van der Waals surface area contributed by atoms with Crippen LogP contribution in [0.25, 0.3) is 0 Å². The van der Waals surface area contributed by atoms with Crippen LogP contribution in [0.4, 0.5) is 11.4 Å². The van der Waals surface area contributed by atoms with E-state index in [0.29, 0.717) is 11.4 Å². The molecule has 0 spiro atoms. The molecule has 2 rings (SSSR count). The third-order valence-electron chi connectivity index (χ3n) is 3.49. The predicted octanol–water partition coefficient (Wildman–Crippen LogP) is 2.91. The molecule has 0 bridgehead atoms. The molecule has 7 nitrogen and oxygen atoms in total. The Labute approximate surface area is 152 Å². The van der Waals surface area contributed by atoms with Crippen LogP contribution in [0, 0.1) is 13.8 Å². The van der Waals surface area contributed by atoms with Gasteiger partial charge in [0.05, 0.1) is 11.3 Å². The smallest absolute Gasteiger partial charge is 0.303 e. The molecule has 8 heteroatoms. The summed E-state index contributed by atoms with van der Waals surface area (Å²) in [6.45, 7) is 3.76. The second-order valence-electron chi connectivity index (χ2n) is 5.95. The number of hydrogen-bond acceptors (Lipinski definition) is 4. The average Bonchev–Trinajstić information content (AvgIpc) is 2.52. The van der Waals surface area contributed by atoms with Crippen LogP contribution in [0.3, 0.4) is 0 Å². The van der Waals surface area contributed by atoms with Gasteiger partial charge in [-0.25, -0.2) is 8.42 Å². The lowest BCUT2D eigenvalue weighted by Crippen LogP contribution is -2.15. The first-order chi connectivity index (χ1) is 12.2. The molecular weight excluding hydrogens is 356 g/mol. The molecule has 0 heterocycles. The van der Waals surface area contributed by atoms with E-state index in [1.54, 1.807) is 12.1 Å². The molecule has 0 saturated carbocycles. The first kappa shape index (κ1) is 19.5. The van der Waals surface area contributed by atoms with Crippen LogP contribution in [-0.2, 0) is 19.6 Å². The summed E-state index contributed by atoms with van der Waals surface area (Å²) in [6, 6.07) is 11.1. The van der Waals surface area contributed by atoms with E-state index in [9.17, 15) is 18.0 Å². The number of anilines is 2. The number of carboxylic acids is 1. The summed E-state index contributed by atoms with van der Waals surface area (Å²) < 4.78 is 27.5. The van der Waals surface area contributed by atoms with Crippen LogP contribution in [0.2, 0.25) is 0 Å². The molecule has 0 fully saturated rings. The first-order valence-corrected chi connectivity index (χ1v) is 9.37. The van der Waals surface area contributed by atoms with Gasteiger partial charge in [-0.15, -0.1) is 0 Å². The number of aliphatic carboxylic acids is 1. The number of carboxylic acid groups (broad SMARTS) is 1. The molecule has 0 aromatic heterocycles. The Balaban J connectivity index is 2.08. The number of aryl methyl sites for hydroxylation is 2. The average molecular weight is 376 g/mol. The summed E-state index contributed by atoms with van der Waals surface area (Å²) in [5.74, 6) is -1.50. The fraction of sp³-hybridized carbons (Fsp3) is 0.222. The lowest BCUT2D eigenvalue weighted by Gasteiger charge is -2.11. The molecule has 2 aromatic rings. The highest BCUT2D eigenvalue weighted by atomic mass is 32.2. The summed E-state index contributed by atoms with van der Waals surface area (Å²) in [7, 11) is -3.75. The third kappa shape index (κ3) is 5.59. The molecule has 0 aliphatic heterocycles. The van der Waals surface area contributed by atoms with Crippen LogP contribution in [0.1, 0.15) is 24.0 Å². The molecule has 3 N–H and O–H groups in total. The molecule has 138 valence electrons. The summed E-state index contributed by atoms with van der Waals surface area (Å²) in [5, 5.41) is 11.1. The van der Waals surface area contributed by atoms with Crippen molar-refractivity contribution in [3.8, 4) is 0 Å². The van der Waals surface area contributed by atoms with Crippen LogP contribution < -0.4 is 10.0 Å². The van der Waals surface area contributed by atoms with E-state index in [1.165, 1.54) is 24.3 Å². The normalized spacial score (nSPS) is 11.0. The van der Waals surface area contributed by atoms with Crippen molar-refractivity contribution < 1.29 is 23.1 Å². The number of benzene rings is 2. The lowest BCUT2D eigenvalue weighted by molar-refractivity contribution is -0.138. The minimum Gasteiger partial charge on any atom is -0.481 e. The van der Waals surface area contributed by atoms with Crippen molar-refractivity contribution >= 4 is 33.3 Å². The highest BCUT2D eigenvalue weighted by molar-refractivity contribution is 7.92. The van der Waals surface area contributed by atoms with Gasteiger partial charge in [-0.3, -0.25) is 14.3 Å². The summed E-state index contributed by atoms with van der Waals surface area (Å²) >= 11 is 0. The largest absolute Gasteiger partial charge is 0.481 e. The molecule has 2 aromatic carbocycles. The number of hydrogen-bond donors (Lipinski definition) is 3. The van der Waals surface area contributed by atoms with Crippen LogP contribution in [0.5, 0.6) is 0 Å². The van der Waals surface area contributed by atoms with Crippen LogP contribution in [-0.4, -0.2) is 25.4 Å². The monoisotopic (exact) mass is 376 g/mol. The molecular formula is C18H20N2O5S. The van der Waals surface area contributed by atoms with Crippen molar-refractivity contribution in [2.24, 2.45) is 0 Å². The predicted molar refractivity (Wildman–Crippen MR) is 98.7 cm³/mol. The van der Waals surface area contributed by atoms with Gasteiger partial charge in [0.1, 0.15) is 0 Å². The maximum atomic E-state index is 12.5. The van der Waals surface area contributed by atoms with Gasteiger partial charge < -0.3 is 10.4 Å². The molecule has 0 radical (unpaired) electrons. The molecule has 0 aliphatic rings. The number of sulfonamides is 1. The summed E-state index contributed by atoms with van der Waals surface area (Å²) in [4.78, 5) is 22.1. The lowest BCUT2D eigenvalue weighted by atomic mass is 10.1. The van der Waals surface area contributed by atoms with Crippen molar-refractivity contribution in [2.75, 3.05) is 10.0 Å². The number of amides is 1. The highest BCUT2D eigenvalue weighted by Crippen LogP contribution is 2.20. The van der Waals surface area contributed by atoms with Gasteiger partial charge in [0.15, 0.2) is 0 Å². The Morgan fingerprint density at radius 1 is 0.923 bits per heavy atom. The Morgan fingerprint density at radius 3 is 2.04 bits per heavy atom. The van der Waals surface area contributed by atoms with E-state index in [4.69, 9.17) is 5.11 Å². The minimum absolute atomic E-state index is 0.0557. The molecule has 26 heavy (non-hydrogen) atoms. The second kappa shape index (κ2) is 8.01. The van der Waals surface area contributed by atoms with E-state index in [0.717, 1.165) is 11.1 Å². The van der Waals surface area contributed by atoms with Crippen LogP contribution >= 0.6 is 0 Å². The van der Waals surface area contributed by atoms with E-state index in [2.05, 4.69) is 10.0 Å². The SMILES string of the molecule is Cc1cc(C)cc(NS(=O)(=O)c2ccc(NC(=O)CCC(=O)O)cc2)c1. The fourth-order valence-corrected chi connectivity index (χ4v) is 3.45. The van der Waals surface area contributed by atoms with E-state index in [1.807, 2.05) is 19.9 Å². The van der Waals surface area contributed by atoms with Crippen molar-refractivity contribution in [1.29, 1.82) is 0 Å². The Hall–Kier alpha value is -2.87. The van der Waals surface area contributed by atoms with Crippen molar-refractivity contribution in [1.82, 2.24) is 0 Å². The van der Waals surface area contributed by atoms with Gasteiger partial charge >= 0.3 is 5.97 Å². The van der Waals surface area contributed by atoms with Crippen molar-refractivity contribution in [3.05, 3.63) is 53.6 Å². The Bertz CT molecular complexity index is 901. The van der Waals surface area contributed by atoms with Gasteiger partial charge in [-0.05, 0) is 61.4 Å².